The summed E-state index contributed by atoms with van der Waals surface area (Å²) in [6.45, 7) is 2.42. The van der Waals surface area contributed by atoms with Crippen LogP contribution in [-0.2, 0) is 6.54 Å². The van der Waals surface area contributed by atoms with E-state index in [2.05, 4.69) is 15.0 Å². The van der Waals surface area contributed by atoms with Crippen LogP contribution in [0.3, 0.4) is 0 Å². The maximum Gasteiger partial charge on any atom is 0.201 e. The molecule has 0 radical (unpaired) electrons. The van der Waals surface area contributed by atoms with Crippen molar-refractivity contribution in [2.75, 3.05) is 12.8 Å². The van der Waals surface area contributed by atoms with E-state index >= 15 is 0 Å². The van der Waals surface area contributed by atoms with Crippen LogP contribution < -0.4 is 10.5 Å². The number of nitrogens with zero attached hydrogens (tertiary/aromatic N) is 4. The number of rotatable bonds is 3. The molecule has 2 N–H and O–H groups in total. The van der Waals surface area contributed by atoms with E-state index in [1.165, 1.54) is 0 Å². The summed E-state index contributed by atoms with van der Waals surface area (Å²) >= 11 is 0. The van der Waals surface area contributed by atoms with Gasteiger partial charge in [-0.1, -0.05) is 0 Å². The topological polar surface area (TPSA) is 78.9 Å². The third kappa shape index (κ3) is 2.16. The molecule has 0 saturated carbocycles. The Morgan fingerprint density at radius 3 is 2.85 bits per heavy atom. The van der Waals surface area contributed by atoms with Gasteiger partial charge in [0.15, 0.2) is 0 Å². The van der Waals surface area contributed by atoms with Crippen LogP contribution in [0, 0.1) is 6.92 Å². The van der Waals surface area contributed by atoms with Crippen molar-refractivity contribution in [1.82, 2.24) is 19.5 Å². The van der Waals surface area contributed by atoms with Crippen LogP contribution in [0.25, 0.3) is 11.0 Å². The van der Waals surface area contributed by atoms with Gasteiger partial charge in [-0.3, -0.25) is 0 Å². The number of methoxy groups -OCH3 is 1. The number of nitrogens with two attached hydrogens (primary N) is 1. The summed E-state index contributed by atoms with van der Waals surface area (Å²) in [6, 6.07) is 7.56. The van der Waals surface area contributed by atoms with E-state index in [4.69, 9.17) is 10.5 Å². The molecule has 0 aliphatic carbocycles. The number of imidazole rings is 1. The van der Waals surface area contributed by atoms with Crippen molar-refractivity contribution in [1.29, 1.82) is 0 Å². The Morgan fingerprint density at radius 2 is 2.10 bits per heavy atom. The van der Waals surface area contributed by atoms with Gasteiger partial charge in [0.25, 0.3) is 0 Å². The Kier molecular flexibility index (Phi) is 2.98. The fourth-order valence-corrected chi connectivity index (χ4v) is 2.17. The summed E-state index contributed by atoms with van der Waals surface area (Å²) in [4.78, 5) is 12.8. The maximum atomic E-state index is 6.00. The van der Waals surface area contributed by atoms with E-state index in [1.54, 1.807) is 13.3 Å². The summed E-state index contributed by atoms with van der Waals surface area (Å²) in [5, 5.41) is 0. The number of aromatic nitrogens is 4. The highest BCUT2D eigenvalue weighted by molar-refractivity contribution is 5.80. The summed E-state index contributed by atoms with van der Waals surface area (Å²) < 4.78 is 7.16. The molecule has 2 aromatic heterocycles. The zero-order chi connectivity index (χ0) is 14.1. The van der Waals surface area contributed by atoms with E-state index < -0.39 is 0 Å². The second-order valence-electron chi connectivity index (χ2n) is 4.51. The van der Waals surface area contributed by atoms with Crippen LogP contribution in [0.1, 0.15) is 11.5 Å². The van der Waals surface area contributed by atoms with Crippen LogP contribution in [0.4, 0.5) is 5.95 Å². The molecule has 0 aliphatic heterocycles. The monoisotopic (exact) mass is 269 g/mol. The molecule has 0 bridgehead atoms. The Hall–Kier alpha value is -2.63. The van der Waals surface area contributed by atoms with E-state index in [1.807, 2.05) is 35.8 Å². The zero-order valence-electron chi connectivity index (χ0n) is 11.4. The molecule has 0 spiro atoms. The van der Waals surface area contributed by atoms with Crippen LogP contribution in [0.15, 0.2) is 30.5 Å². The predicted molar refractivity (Wildman–Crippen MR) is 76.6 cm³/mol. The average molecular weight is 269 g/mol. The smallest absolute Gasteiger partial charge is 0.201 e. The minimum atomic E-state index is 0.463. The average Bonchev–Trinajstić information content (AvgIpc) is 2.74. The SMILES string of the molecule is COc1ccc2nc(N)n(Cc3ccnc(C)n3)c2c1. The molecule has 3 rings (SSSR count). The first-order chi connectivity index (χ1) is 9.67. The van der Waals surface area contributed by atoms with Gasteiger partial charge in [0.1, 0.15) is 11.6 Å². The molecule has 6 nitrogen and oxygen atoms in total. The number of anilines is 1. The van der Waals surface area contributed by atoms with Gasteiger partial charge in [0.05, 0.1) is 30.4 Å². The first-order valence-corrected chi connectivity index (χ1v) is 6.25. The van der Waals surface area contributed by atoms with Crippen molar-refractivity contribution in [2.45, 2.75) is 13.5 Å². The molecule has 2 heterocycles. The lowest BCUT2D eigenvalue weighted by Crippen LogP contribution is -2.07. The van der Waals surface area contributed by atoms with Crippen molar-refractivity contribution in [2.24, 2.45) is 0 Å². The van der Waals surface area contributed by atoms with Crippen molar-refractivity contribution in [3.63, 3.8) is 0 Å². The van der Waals surface area contributed by atoms with Crippen LogP contribution in [0.5, 0.6) is 5.75 Å². The minimum Gasteiger partial charge on any atom is -0.497 e. The zero-order valence-corrected chi connectivity index (χ0v) is 11.4. The number of fused-ring (bicyclic) bond motifs is 1. The molecule has 3 aromatic rings. The standard InChI is InChI=1S/C14H15N5O/c1-9-16-6-5-10(17-9)8-19-13-7-11(20-2)3-4-12(13)18-14(19)15/h3-7H,8H2,1-2H3,(H2,15,18). The Balaban J connectivity index is 2.08. The quantitative estimate of drug-likeness (QED) is 0.784. The second-order valence-corrected chi connectivity index (χ2v) is 4.51. The highest BCUT2D eigenvalue weighted by Crippen LogP contribution is 2.23. The lowest BCUT2D eigenvalue weighted by molar-refractivity contribution is 0.415. The van der Waals surface area contributed by atoms with E-state index in [0.717, 1.165) is 28.3 Å². The molecule has 0 aliphatic rings. The number of aryl methyl sites for hydroxylation is 1. The summed E-state index contributed by atoms with van der Waals surface area (Å²) in [7, 11) is 1.64. The molecular weight excluding hydrogens is 254 g/mol. The molecule has 1 aromatic carbocycles. The largest absolute Gasteiger partial charge is 0.497 e. The van der Waals surface area contributed by atoms with Gasteiger partial charge >= 0.3 is 0 Å². The van der Waals surface area contributed by atoms with Gasteiger partial charge in [-0.25, -0.2) is 15.0 Å². The number of benzene rings is 1. The van der Waals surface area contributed by atoms with Crippen molar-refractivity contribution < 1.29 is 4.74 Å². The van der Waals surface area contributed by atoms with Gasteiger partial charge in [-0.2, -0.15) is 0 Å². The lowest BCUT2D eigenvalue weighted by Gasteiger charge is -2.07. The fourth-order valence-electron chi connectivity index (χ4n) is 2.17. The van der Waals surface area contributed by atoms with Gasteiger partial charge in [0, 0.05) is 12.3 Å². The Bertz CT molecular complexity index is 765. The molecule has 6 heteroatoms. The Labute approximate surface area is 116 Å². The second kappa shape index (κ2) is 4.80. The first kappa shape index (κ1) is 12.4. The van der Waals surface area contributed by atoms with Gasteiger partial charge in [-0.15, -0.1) is 0 Å². The number of nitrogen functional groups attached to an aromatic ring is 1. The van der Waals surface area contributed by atoms with E-state index in [0.29, 0.717) is 12.5 Å². The van der Waals surface area contributed by atoms with Gasteiger partial charge in [0.2, 0.25) is 5.95 Å². The number of hydrogen-bond acceptors (Lipinski definition) is 5. The maximum absolute atomic E-state index is 6.00. The normalized spacial score (nSPS) is 10.9. The Morgan fingerprint density at radius 1 is 1.25 bits per heavy atom. The van der Waals surface area contributed by atoms with E-state index in [9.17, 15) is 0 Å². The van der Waals surface area contributed by atoms with Crippen molar-refractivity contribution in [3.8, 4) is 5.75 Å². The number of ether oxygens (including phenoxy) is 1. The summed E-state index contributed by atoms with van der Waals surface area (Å²) in [5.41, 5.74) is 8.66. The fraction of sp³-hybridized carbons (Fsp3) is 0.214. The molecule has 0 amide bonds. The minimum absolute atomic E-state index is 0.463. The first-order valence-electron chi connectivity index (χ1n) is 6.25. The van der Waals surface area contributed by atoms with Gasteiger partial charge < -0.3 is 15.0 Å². The summed E-state index contributed by atoms with van der Waals surface area (Å²) in [6.07, 6.45) is 1.74. The molecule has 0 atom stereocenters. The molecule has 0 fully saturated rings. The van der Waals surface area contributed by atoms with Crippen molar-refractivity contribution >= 4 is 17.0 Å². The highest BCUT2D eigenvalue weighted by Gasteiger charge is 2.10. The third-order valence-electron chi connectivity index (χ3n) is 3.14. The highest BCUT2D eigenvalue weighted by atomic mass is 16.5. The van der Waals surface area contributed by atoms with Crippen LogP contribution >= 0.6 is 0 Å². The van der Waals surface area contributed by atoms with Crippen molar-refractivity contribution in [3.05, 3.63) is 42.0 Å². The third-order valence-corrected chi connectivity index (χ3v) is 3.14. The molecule has 20 heavy (non-hydrogen) atoms. The molecule has 0 unspecified atom stereocenters. The van der Waals surface area contributed by atoms with E-state index in [-0.39, 0.29) is 0 Å². The summed E-state index contributed by atoms with van der Waals surface area (Å²) in [5.74, 6) is 1.98. The number of hydrogen-bond donors (Lipinski definition) is 1. The van der Waals surface area contributed by atoms with Crippen LogP contribution in [0.2, 0.25) is 0 Å². The molecule has 102 valence electrons. The molecular formula is C14H15N5O. The lowest BCUT2D eigenvalue weighted by atomic mass is 10.3. The molecule has 0 saturated heterocycles. The van der Waals surface area contributed by atoms with Crippen LogP contribution in [-0.4, -0.2) is 26.6 Å². The van der Waals surface area contributed by atoms with Gasteiger partial charge in [-0.05, 0) is 25.1 Å². The predicted octanol–water partition coefficient (Wildman–Crippen LogP) is 1.77.